The zero-order valence-electron chi connectivity index (χ0n) is 23.1. The molecule has 0 bridgehead atoms. The third-order valence-corrected chi connectivity index (χ3v) is 7.44. The molecule has 1 saturated carbocycles. The lowest BCUT2D eigenvalue weighted by Crippen LogP contribution is -2.29. The van der Waals surface area contributed by atoms with E-state index < -0.39 is 0 Å². The van der Waals surface area contributed by atoms with Gasteiger partial charge in [-0.1, -0.05) is 98.3 Å². The highest BCUT2D eigenvalue weighted by Crippen LogP contribution is 2.31. The Morgan fingerprint density at radius 1 is 0.647 bits per heavy atom. The van der Waals surface area contributed by atoms with Gasteiger partial charge in [0, 0.05) is 0 Å². The lowest BCUT2D eigenvalue weighted by Gasteiger charge is -2.26. The number of hydrogen-bond acceptors (Lipinski definition) is 4. The Morgan fingerprint density at radius 2 is 1.18 bits per heavy atom. The summed E-state index contributed by atoms with van der Waals surface area (Å²) in [6, 6.07) is 0. The molecule has 1 fully saturated rings. The third-order valence-electron chi connectivity index (χ3n) is 7.44. The van der Waals surface area contributed by atoms with Gasteiger partial charge in [0.25, 0.3) is 0 Å². The first-order valence-corrected chi connectivity index (χ1v) is 14.8. The molecule has 1 rings (SSSR count). The van der Waals surface area contributed by atoms with Gasteiger partial charge in [0.15, 0.2) is 0 Å². The zero-order chi connectivity index (χ0) is 25.0. The number of carbonyl (C=O) groups excluding carboxylic acids is 2. The van der Waals surface area contributed by atoms with Gasteiger partial charge in [0.1, 0.15) is 0 Å². The van der Waals surface area contributed by atoms with Gasteiger partial charge in [-0.2, -0.15) is 0 Å². The van der Waals surface area contributed by atoms with Crippen molar-refractivity contribution < 1.29 is 19.1 Å². The van der Waals surface area contributed by atoms with Crippen LogP contribution in [0, 0.1) is 23.7 Å². The smallest absolute Gasteiger partial charge is 0.308 e. The second-order valence-electron chi connectivity index (χ2n) is 11.2. The van der Waals surface area contributed by atoms with Crippen LogP contribution >= 0.6 is 0 Å². The highest BCUT2D eigenvalue weighted by atomic mass is 16.5. The topological polar surface area (TPSA) is 52.6 Å². The summed E-state index contributed by atoms with van der Waals surface area (Å²) in [7, 11) is 0. The lowest BCUT2D eigenvalue weighted by atomic mass is 9.82. The molecule has 0 N–H and O–H groups in total. The molecule has 4 heteroatoms. The Hall–Kier alpha value is -1.06. The minimum atomic E-state index is -0.0561. The predicted molar refractivity (Wildman–Crippen MR) is 142 cm³/mol. The average Bonchev–Trinajstić information content (AvgIpc) is 2.83. The van der Waals surface area contributed by atoms with Gasteiger partial charge in [-0.3, -0.25) is 9.59 Å². The number of carbonyl (C=O) groups is 2. The molecule has 0 heterocycles. The molecule has 0 aromatic heterocycles. The molecule has 0 radical (unpaired) electrons. The van der Waals surface area contributed by atoms with Crippen molar-refractivity contribution >= 4 is 11.9 Å². The van der Waals surface area contributed by atoms with Crippen molar-refractivity contribution in [2.45, 2.75) is 143 Å². The molecule has 1 aliphatic rings. The molecule has 0 aromatic rings. The van der Waals surface area contributed by atoms with Crippen LogP contribution in [-0.4, -0.2) is 25.2 Å². The van der Waals surface area contributed by atoms with E-state index in [1.54, 1.807) is 0 Å². The summed E-state index contributed by atoms with van der Waals surface area (Å²) in [4.78, 5) is 25.0. The van der Waals surface area contributed by atoms with Gasteiger partial charge >= 0.3 is 11.9 Å². The van der Waals surface area contributed by atoms with Crippen molar-refractivity contribution in [1.82, 2.24) is 0 Å². The molecular weight excluding hydrogens is 424 g/mol. The SMILES string of the molecule is CCCCCC(CCC)COC(=O)C1CCC(C(=O)OCCCCCCCCCC(C)C)CC1. The van der Waals surface area contributed by atoms with E-state index in [1.807, 2.05) is 0 Å². The number of esters is 2. The molecule has 4 nitrogen and oxygen atoms in total. The molecule has 200 valence electrons. The van der Waals surface area contributed by atoms with Gasteiger partial charge in [0.05, 0.1) is 25.0 Å². The normalized spacial score (nSPS) is 19.2. The summed E-state index contributed by atoms with van der Waals surface area (Å²) in [6.07, 6.45) is 20.2. The van der Waals surface area contributed by atoms with E-state index in [0.717, 1.165) is 63.7 Å². The monoisotopic (exact) mass is 480 g/mol. The van der Waals surface area contributed by atoms with E-state index in [2.05, 4.69) is 27.7 Å². The van der Waals surface area contributed by atoms with Crippen LogP contribution in [0.15, 0.2) is 0 Å². The number of rotatable bonds is 20. The van der Waals surface area contributed by atoms with Crippen LogP contribution in [0.4, 0.5) is 0 Å². The standard InChI is InChI=1S/C30H56O4/c1-5-7-13-18-26(16-6-2)24-34-30(32)28-21-19-27(20-22-28)29(31)33-23-15-12-10-8-9-11-14-17-25(3)4/h25-28H,5-24H2,1-4H3. The summed E-state index contributed by atoms with van der Waals surface area (Å²) in [5.74, 6) is 1.14. The van der Waals surface area contributed by atoms with Crippen molar-refractivity contribution in [3.05, 3.63) is 0 Å². The fourth-order valence-corrected chi connectivity index (χ4v) is 5.11. The van der Waals surface area contributed by atoms with Gasteiger partial charge in [-0.25, -0.2) is 0 Å². The fraction of sp³-hybridized carbons (Fsp3) is 0.933. The summed E-state index contributed by atoms with van der Waals surface area (Å²) < 4.78 is 11.3. The van der Waals surface area contributed by atoms with E-state index in [-0.39, 0.29) is 23.8 Å². The molecule has 1 atom stereocenters. The van der Waals surface area contributed by atoms with Gasteiger partial charge < -0.3 is 9.47 Å². The fourth-order valence-electron chi connectivity index (χ4n) is 5.11. The first-order valence-electron chi connectivity index (χ1n) is 14.8. The van der Waals surface area contributed by atoms with Crippen LogP contribution in [0.25, 0.3) is 0 Å². The Bertz CT molecular complexity index is 508. The summed E-state index contributed by atoms with van der Waals surface area (Å²) >= 11 is 0. The zero-order valence-corrected chi connectivity index (χ0v) is 23.1. The molecule has 1 aliphatic carbocycles. The van der Waals surface area contributed by atoms with Crippen LogP contribution in [0.3, 0.4) is 0 Å². The highest BCUT2D eigenvalue weighted by Gasteiger charge is 2.31. The summed E-state index contributed by atoms with van der Waals surface area (Å²) in [6.45, 7) is 10.1. The molecule has 0 spiro atoms. The Morgan fingerprint density at radius 3 is 1.74 bits per heavy atom. The van der Waals surface area contributed by atoms with Crippen LogP contribution in [0.2, 0.25) is 0 Å². The van der Waals surface area contributed by atoms with Crippen LogP contribution in [-0.2, 0) is 19.1 Å². The van der Waals surface area contributed by atoms with E-state index >= 15 is 0 Å². The molecule has 0 saturated heterocycles. The minimum absolute atomic E-state index is 0.0353. The minimum Gasteiger partial charge on any atom is -0.465 e. The van der Waals surface area contributed by atoms with Crippen molar-refractivity contribution in [2.75, 3.05) is 13.2 Å². The maximum Gasteiger partial charge on any atom is 0.308 e. The maximum atomic E-state index is 12.6. The Kier molecular flexibility index (Phi) is 18.4. The lowest BCUT2D eigenvalue weighted by molar-refractivity contribution is -0.156. The Balaban J connectivity index is 2.10. The van der Waals surface area contributed by atoms with Crippen molar-refractivity contribution in [2.24, 2.45) is 23.7 Å². The molecule has 0 aromatic carbocycles. The maximum absolute atomic E-state index is 12.6. The summed E-state index contributed by atoms with van der Waals surface area (Å²) in [5, 5.41) is 0. The number of ether oxygens (including phenoxy) is 2. The predicted octanol–water partition coefficient (Wildman–Crippen LogP) is 8.65. The highest BCUT2D eigenvalue weighted by molar-refractivity contribution is 5.75. The second-order valence-corrected chi connectivity index (χ2v) is 11.2. The van der Waals surface area contributed by atoms with E-state index in [1.165, 1.54) is 57.8 Å². The Labute approximate surface area is 211 Å². The third kappa shape index (κ3) is 15.0. The molecule has 34 heavy (non-hydrogen) atoms. The van der Waals surface area contributed by atoms with Gasteiger partial charge in [-0.05, 0) is 56.8 Å². The van der Waals surface area contributed by atoms with E-state index in [4.69, 9.17) is 9.47 Å². The first kappa shape index (κ1) is 31.0. The van der Waals surface area contributed by atoms with Crippen molar-refractivity contribution in [3.63, 3.8) is 0 Å². The van der Waals surface area contributed by atoms with E-state index in [0.29, 0.717) is 19.1 Å². The quantitative estimate of drug-likeness (QED) is 0.129. The summed E-state index contributed by atoms with van der Waals surface area (Å²) in [5.41, 5.74) is 0. The number of unbranched alkanes of at least 4 members (excludes halogenated alkanes) is 8. The molecular formula is C30H56O4. The second kappa shape index (κ2) is 20.2. The van der Waals surface area contributed by atoms with Crippen LogP contribution < -0.4 is 0 Å². The van der Waals surface area contributed by atoms with Gasteiger partial charge in [-0.15, -0.1) is 0 Å². The van der Waals surface area contributed by atoms with Gasteiger partial charge in [0.2, 0.25) is 0 Å². The van der Waals surface area contributed by atoms with E-state index in [9.17, 15) is 9.59 Å². The number of hydrogen-bond donors (Lipinski definition) is 0. The van der Waals surface area contributed by atoms with Crippen molar-refractivity contribution in [3.8, 4) is 0 Å². The van der Waals surface area contributed by atoms with Crippen LogP contribution in [0.5, 0.6) is 0 Å². The molecule has 0 amide bonds. The average molecular weight is 481 g/mol. The molecule has 0 aliphatic heterocycles. The molecule has 1 unspecified atom stereocenters. The van der Waals surface area contributed by atoms with Crippen LogP contribution in [0.1, 0.15) is 143 Å². The first-order chi connectivity index (χ1) is 16.5. The largest absolute Gasteiger partial charge is 0.465 e. The van der Waals surface area contributed by atoms with Crippen molar-refractivity contribution in [1.29, 1.82) is 0 Å².